The Hall–Kier alpha value is -3.55. The molecule has 4 rings (SSSR count). The lowest BCUT2D eigenvalue weighted by molar-refractivity contribution is 0.0949. The molecule has 0 fully saturated rings. The van der Waals surface area contributed by atoms with Crippen molar-refractivity contribution < 1.29 is 23.7 Å². The maximum absolute atomic E-state index is 13.0. The van der Waals surface area contributed by atoms with Crippen molar-refractivity contribution in [3.05, 3.63) is 88.5 Å². The Balaban J connectivity index is 1.53. The average Bonchev–Trinajstić information content (AvgIpc) is 2.89. The number of amides is 1. The van der Waals surface area contributed by atoms with Gasteiger partial charge in [-0.05, 0) is 52.6 Å². The Labute approximate surface area is 206 Å². The molecule has 0 spiro atoms. The highest BCUT2D eigenvalue weighted by atomic mass is 16.5. The predicted octanol–water partition coefficient (Wildman–Crippen LogP) is 3.72. The van der Waals surface area contributed by atoms with Crippen molar-refractivity contribution >= 4 is 5.91 Å². The van der Waals surface area contributed by atoms with E-state index >= 15 is 0 Å². The summed E-state index contributed by atoms with van der Waals surface area (Å²) in [5.41, 5.74) is 4.81. The van der Waals surface area contributed by atoms with E-state index in [1.807, 2.05) is 24.3 Å². The maximum Gasteiger partial charge on any atom is 0.251 e. The Kier molecular flexibility index (Phi) is 8.59. The van der Waals surface area contributed by atoms with Gasteiger partial charge >= 0.3 is 0 Å². The van der Waals surface area contributed by atoms with Gasteiger partial charge in [-0.3, -0.25) is 4.79 Å². The molecule has 0 aliphatic carbocycles. The topological polar surface area (TPSA) is 78.1 Å². The molecule has 0 atom stereocenters. The van der Waals surface area contributed by atoms with Crippen LogP contribution in [-0.4, -0.2) is 46.5 Å². The second-order valence-electron chi connectivity index (χ2n) is 8.36. The molecule has 0 saturated carbocycles. The van der Waals surface area contributed by atoms with E-state index in [2.05, 4.69) is 34.9 Å². The summed E-state index contributed by atoms with van der Waals surface area (Å²) >= 11 is 0. The minimum Gasteiger partial charge on any atom is -0.497 e. The fraction of sp³-hybridized carbons (Fsp3) is 0.321. The third kappa shape index (κ3) is 6.97. The summed E-state index contributed by atoms with van der Waals surface area (Å²) in [6.45, 7) is 3.54. The molecule has 0 radical (unpaired) electrons. The highest BCUT2D eigenvalue weighted by Gasteiger charge is 2.13. The van der Waals surface area contributed by atoms with Gasteiger partial charge in [0.2, 0.25) is 0 Å². The van der Waals surface area contributed by atoms with Crippen LogP contribution in [0, 0.1) is 0 Å². The first-order valence-electron chi connectivity index (χ1n) is 11.8. The Morgan fingerprint density at radius 1 is 0.943 bits per heavy atom. The van der Waals surface area contributed by atoms with Crippen LogP contribution in [0.2, 0.25) is 0 Å². The number of nitrogens with one attached hydrogen (secondary N) is 2. The van der Waals surface area contributed by atoms with Gasteiger partial charge in [-0.25, -0.2) is 0 Å². The van der Waals surface area contributed by atoms with Crippen molar-refractivity contribution in [3.63, 3.8) is 0 Å². The molecule has 1 amide bonds. The van der Waals surface area contributed by atoms with Gasteiger partial charge in [-0.2, -0.15) is 0 Å². The summed E-state index contributed by atoms with van der Waals surface area (Å²) in [4.78, 5) is 13.0. The van der Waals surface area contributed by atoms with E-state index in [-0.39, 0.29) is 5.91 Å². The lowest BCUT2D eigenvalue weighted by Gasteiger charge is -2.16. The number of carbonyl (C=O) groups is 1. The summed E-state index contributed by atoms with van der Waals surface area (Å²) in [6.07, 6.45) is 0.665. The van der Waals surface area contributed by atoms with E-state index in [1.54, 1.807) is 26.4 Å². The van der Waals surface area contributed by atoms with Gasteiger partial charge in [0.1, 0.15) is 23.9 Å². The van der Waals surface area contributed by atoms with Crippen molar-refractivity contribution in [2.24, 2.45) is 0 Å². The van der Waals surface area contributed by atoms with E-state index in [4.69, 9.17) is 18.9 Å². The fourth-order valence-corrected chi connectivity index (χ4v) is 4.01. The quantitative estimate of drug-likeness (QED) is 0.585. The molecule has 1 aliphatic rings. The van der Waals surface area contributed by atoms with Gasteiger partial charge in [0.25, 0.3) is 5.91 Å². The minimum atomic E-state index is -0.157. The van der Waals surface area contributed by atoms with Gasteiger partial charge < -0.3 is 29.6 Å². The third-order valence-electron chi connectivity index (χ3n) is 5.81. The Bertz CT molecular complexity index is 1130. The number of hydrogen-bond acceptors (Lipinski definition) is 6. The fourth-order valence-electron chi connectivity index (χ4n) is 4.01. The van der Waals surface area contributed by atoms with Crippen LogP contribution in [0.5, 0.6) is 17.2 Å². The molecule has 2 bridgehead atoms. The second kappa shape index (κ2) is 12.2. The summed E-state index contributed by atoms with van der Waals surface area (Å²) in [5.74, 6) is 1.97. The molecule has 7 heteroatoms. The first-order chi connectivity index (χ1) is 17.1. The molecule has 3 aromatic carbocycles. The molecular formula is C28H32N2O5. The predicted molar refractivity (Wildman–Crippen MR) is 134 cm³/mol. The number of fused-ring (bicyclic) bond motifs is 3. The summed E-state index contributed by atoms with van der Waals surface area (Å²) in [7, 11) is 3.21. The van der Waals surface area contributed by atoms with Crippen molar-refractivity contribution in [3.8, 4) is 17.2 Å². The average molecular weight is 477 g/mol. The molecule has 0 saturated heterocycles. The lowest BCUT2D eigenvalue weighted by atomic mass is 9.99. The maximum atomic E-state index is 13.0. The normalized spacial score (nSPS) is 14.1. The summed E-state index contributed by atoms with van der Waals surface area (Å²) < 4.78 is 22.3. The zero-order valence-electron chi connectivity index (χ0n) is 20.3. The van der Waals surface area contributed by atoms with E-state index < -0.39 is 0 Å². The van der Waals surface area contributed by atoms with Crippen molar-refractivity contribution in [2.45, 2.75) is 19.5 Å². The van der Waals surface area contributed by atoms with Crippen molar-refractivity contribution in [1.29, 1.82) is 0 Å². The van der Waals surface area contributed by atoms with E-state index in [9.17, 15) is 4.79 Å². The SMILES string of the molecule is COc1cc(CNC(=O)c2ccc3c(c2)Cc2cccc(c2)CNCCOCCO3)cc(OC)c1. The van der Waals surface area contributed by atoms with Crippen LogP contribution in [0.3, 0.4) is 0 Å². The smallest absolute Gasteiger partial charge is 0.251 e. The molecule has 1 heterocycles. The monoisotopic (exact) mass is 476 g/mol. The number of hydrogen-bond donors (Lipinski definition) is 2. The highest BCUT2D eigenvalue weighted by molar-refractivity contribution is 5.94. The van der Waals surface area contributed by atoms with Crippen molar-refractivity contribution in [2.75, 3.05) is 40.6 Å². The summed E-state index contributed by atoms with van der Waals surface area (Å²) in [5, 5.41) is 6.39. The second-order valence-corrected chi connectivity index (χ2v) is 8.36. The van der Waals surface area contributed by atoms with E-state index in [0.29, 0.717) is 49.8 Å². The van der Waals surface area contributed by atoms with Crippen molar-refractivity contribution in [1.82, 2.24) is 10.6 Å². The van der Waals surface area contributed by atoms with Gasteiger partial charge in [-0.15, -0.1) is 0 Å². The number of benzene rings is 3. The Morgan fingerprint density at radius 3 is 2.54 bits per heavy atom. The van der Waals surface area contributed by atoms with Crippen LogP contribution in [0.1, 0.15) is 32.6 Å². The molecule has 184 valence electrons. The third-order valence-corrected chi connectivity index (χ3v) is 5.81. The van der Waals surface area contributed by atoms with Crippen LogP contribution in [-0.2, 0) is 24.2 Å². The number of methoxy groups -OCH3 is 2. The first-order valence-corrected chi connectivity index (χ1v) is 11.8. The minimum absolute atomic E-state index is 0.157. The van der Waals surface area contributed by atoms with Gasteiger partial charge in [0, 0.05) is 37.7 Å². The molecule has 1 aliphatic heterocycles. The standard InChI is InChI=1S/C28H32N2O5/c1-32-25-14-22(15-26(17-25)33-2)19-30-28(31)23-6-7-27-24(16-23)13-20-4-3-5-21(12-20)18-29-8-9-34-10-11-35-27/h3-7,12,14-17,29H,8-11,13,18-19H2,1-2H3,(H,30,31). The number of rotatable bonds is 5. The molecule has 35 heavy (non-hydrogen) atoms. The largest absolute Gasteiger partial charge is 0.497 e. The van der Waals surface area contributed by atoms with Crippen LogP contribution in [0.4, 0.5) is 0 Å². The number of ether oxygens (including phenoxy) is 4. The first kappa shape index (κ1) is 24.6. The molecular weight excluding hydrogens is 444 g/mol. The molecule has 2 N–H and O–H groups in total. The molecule has 0 unspecified atom stereocenters. The van der Waals surface area contributed by atoms with Crippen LogP contribution >= 0.6 is 0 Å². The van der Waals surface area contributed by atoms with Crippen LogP contribution in [0.15, 0.2) is 60.7 Å². The van der Waals surface area contributed by atoms with Gasteiger partial charge in [-0.1, -0.05) is 24.3 Å². The molecule has 0 aromatic heterocycles. The number of carbonyl (C=O) groups excluding carboxylic acids is 1. The van der Waals surface area contributed by atoms with Gasteiger partial charge in [0.05, 0.1) is 27.4 Å². The zero-order chi connectivity index (χ0) is 24.5. The van der Waals surface area contributed by atoms with E-state index in [0.717, 1.165) is 30.0 Å². The Morgan fingerprint density at radius 2 is 1.74 bits per heavy atom. The van der Waals surface area contributed by atoms with Gasteiger partial charge in [0.15, 0.2) is 0 Å². The van der Waals surface area contributed by atoms with Crippen LogP contribution in [0.25, 0.3) is 0 Å². The lowest BCUT2D eigenvalue weighted by Crippen LogP contribution is -2.23. The summed E-state index contributed by atoms with van der Waals surface area (Å²) in [6, 6.07) is 19.6. The molecule has 7 nitrogen and oxygen atoms in total. The van der Waals surface area contributed by atoms with E-state index in [1.165, 1.54) is 11.1 Å². The molecule has 3 aromatic rings. The zero-order valence-corrected chi connectivity index (χ0v) is 20.3. The highest BCUT2D eigenvalue weighted by Crippen LogP contribution is 2.25. The van der Waals surface area contributed by atoms with Crippen LogP contribution < -0.4 is 24.8 Å².